The molecule has 0 aliphatic rings. The lowest BCUT2D eigenvalue weighted by atomic mass is 10.0. The maximum absolute atomic E-state index is 13.0. The first-order valence-electron chi connectivity index (χ1n) is 39.1. The minimum atomic E-state index is -1.51. The quantitative estimate of drug-likeness (QED) is 0.0211. The Morgan fingerprint density at radius 2 is 0.626 bits per heavy atom. The number of esters is 2. The van der Waals surface area contributed by atoms with Gasteiger partial charge in [0.15, 0.2) is 6.10 Å². The van der Waals surface area contributed by atoms with Crippen molar-refractivity contribution >= 4 is 17.9 Å². The minimum absolute atomic E-state index is 0.183. The van der Waals surface area contributed by atoms with Gasteiger partial charge in [0.2, 0.25) is 0 Å². The summed E-state index contributed by atoms with van der Waals surface area (Å²) in [5, 5.41) is 9.76. The molecule has 0 amide bonds. The van der Waals surface area contributed by atoms with Crippen molar-refractivity contribution in [3.8, 4) is 0 Å². The van der Waals surface area contributed by atoms with Gasteiger partial charge in [-0.25, -0.2) is 4.79 Å². The zero-order valence-corrected chi connectivity index (χ0v) is 60.8. The van der Waals surface area contributed by atoms with Crippen LogP contribution in [0.2, 0.25) is 0 Å². The van der Waals surface area contributed by atoms with Gasteiger partial charge in [-0.15, -0.1) is 0 Å². The monoisotopic (exact) mass is 1280 g/mol. The first kappa shape index (κ1) is 87.7. The number of carboxylic acids is 1. The van der Waals surface area contributed by atoms with E-state index in [9.17, 15) is 19.5 Å². The number of quaternary nitrogens is 1. The van der Waals surface area contributed by atoms with E-state index in [2.05, 4.69) is 86.8 Å². The highest BCUT2D eigenvalue weighted by Crippen LogP contribution is 2.19. The Morgan fingerprint density at radius 1 is 0.341 bits per heavy atom. The predicted octanol–water partition coefficient (Wildman–Crippen LogP) is 24.8. The van der Waals surface area contributed by atoms with E-state index in [1.807, 2.05) is 21.1 Å². The molecule has 1 N–H and O–H groups in total. The molecule has 9 nitrogen and oxygen atoms in total. The Hall–Kier alpha value is -3.27. The average Bonchev–Trinajstić information content (AvgIpc) is 3.66. The van der Waals surface area contributed by atoms with Crippen molar-refractivity contribution in [2.24, 2.45) is 0 Å². The summed E-state index contributed by atoms with van der Waals surface area (Å²) in [5.74, 6) is -1.99. The summed E-state index contributed by atoms with van der Waals surface area (Å²) in [7, 11) is 5.99. The molecule has 2 atom stereocenters. The summed E-state index contributed by atoms with van der Waals surface area (Å²) in [4.78, 5) is 37.7. The van der Waals surface area contributed by atoms with Crippen molar-refractivity contribution in [3.63, 3.8) is 0 Å². The third-order valence-corrected chi connectivity index (χ3v) is 17.5. The maximum atomic E-state index is 13.0. The van der Waals surface area contributed by atoms with E-state index in [4.69, 9.17) is 18.9 Å². The van der Waals surface area contributed by atoms with Crippen LogP contribution in [0.5, 0.6) is 0 Å². The number of unbranched alkanes of at least 4 members (excludes halogenated alkanes) is 46. The summed E-state index contributed by atoms with van der Waals surface area (Å²) in [6.07, 6.45) is 94.9. The van der Waals surface area contributed by atoms with E-state index in [1.165, 1.54) is 257 Å². The number of hydrogen-bond donors (Lipinski definition) is 1. The Kier molecular flexibility index (Phi) is 69.9. The number of carboxylic acid groups (broad SMARTS) is 1. The van der Waals surface area contributed by atoms with Gasteiger partial charge in [0.05, 0.1) is 34.4 Å². The van der Waals surface area contributed by atoms with Gasteiger partial charge in [-0.1, -0.05) is 369 Å². The molecule has 0 rings (SSSR count). The topological polar surface area (TPSA) is 108 Å². The summed E-state index contributed by atoms with van der Waals surface area (Å²) in [6.45, 7) is 4.81. The van der Waals surface area contributed by atoms with Gasteiger partial charge in [-0.05, 0) is 64.2 Å². The molecular formula is C82H150NO8+. The smallest absolute Gasteiger partial charge is 0.361 e. The molecule has 0 aliphatic carbocycles. The largest absolute Gasteiger partial charge is 0.477 e. The fourth-order valence-corrected chi connectivity index (χ4v) is 11.6. The van der Waals surface area contributed by atoms with Gasteiger partial charge in [0.1, 0.15) is 13.2 Å². The van der Waals surface area contributed by atoms with Crippen LogP contribution in [0.4, 0.5) is 0 Å². The van der Waals surface area contributed by atoms with Crippen LogP contribution in [0.1, 0.15) is 373 Å². The van der Waals surface area contributed by atoms with Crippen molar-refractivity contribution in [1.82, 2.24) is 0 Å². The normalized spacial score (nSPS) is 13.0. The summed E-state index contributed by atoms with van der Waals surface area (Å²) < 4.78 is 23.0. The third kappa shape index (κ3) is 74.0. The number of aliphatic carboxylic acids is 1. The Bertz CT molecular complexity index is 1730. The molecular weight excluding hydrogens is 1130 g/mol. The van der Waals surface area contributed by atoms with E-state index in [0.29, 0.717) is 23.9 Å². The molecule has 0 aromatic heterocycles. The van der Waals surface area contributed by atoms with Gasteiger partial charge in [0.25, 0.3) is 6.29 Å². The zero-order chi connectivity index (χ0) is 66.1. The van der Waals surface area contributed by atoms with Crippen LogP contribution in [-0.4, -0.2) is 87.4 Å². The van der Waals surface area contributed by atoms with Crippen molar-refractivity contribution in [2.75, 3.05) is 47.5 Å². The van der Waals surface area contributed by atoms with Crippen LogP contribution in [0, 0.1) is 0 Å². The summed E-state index contributed by atoms with van der Waals surface area (Å²) in [6, 6.07) is 0. The number of hydrogen-bond acceptors (Lipinski definition) is 7. The summed E-state index contributed by atoms with van der Waals surface area (Å²) in [5.41, 5.74) is 0. The molecule has 0 saturated carbocycles. The number of likely N-dealkylation sites (N-methyl/N-ethyl adjacent to an activating group) is 1. The molecule has 0 heterocycles. The van der Waals surface area contributed by atoms with Crippen LogP contribution in [0.15, 0.2) is 72.9 Å². The van der Waals surface area contributed by atoms with Gasteiger partial charge in [0, 0.05) is 12.8 Å². The van der Waals surface area contributed by atoms with Gasteiger partial charge in [-0.3, -0.25) is 9.59 Å². The number of ether oxygens (including phenoxy) is 4. The van der Waals surface area contributed by atoms with E-state index < -0.39 is 24.3 Å². The van der Waals surface area contributed by atoms with Crippen molar-refractivity contribution in [3.05, 3.63) is 72.9 Å². The lowest BCUT2D eigenvalue weighted by Gasteiger charge is -2.25. The molecule has 0 aromatic carbocycles. The Balaban J connectivity index is 4.00. The van der Waals surface area contributed by atoms with E-state index in [1.54, 1.807) is 0 Å². The van der Waals surface area contributed by atoms with Crippen LogP contribution >= 0.6 is 0 Å². The second-order valence-corrected chi connectivity index (χ2v) is 27.7. The summed E-state index contributed by atoms with van der Waals surface area (Å²) >= 11 is 0. The second kappa shape index (κ2) is 72.6. The molecule has 0 spiro atoms. The molecule has 0 bridgehead atoms. The van der Waals surface area contributed by atoms with Crippen LogP contribution in [0.25, 0.3) is 0 Å². The highest BCUT2D eigenvalue weighted by Gasteiger charge is 2.25. The molecule has 0 fully saturated rings. The van der Waals surface area contributed by atoms with E-state index in [-0.39, 0.29) is 32.2 Å². The first-order chi connectivity index (χ1) is 44.6. The van der Waals surface area contributed by atoms with Crippen LogP contribution in [0.3, 0.4) is 0 Å². The van der Waals surface area contributed by atoms with Gasteiger partial charge < -0.3 is 28.5 Å². The van der Waals surface area contributed by atoms with Crippen molar-refractivity contribution < 1.29 is 42.9 Å². The molecule has 0 saturated heterocycles. The zero-order valence-electron chi connectivity index (χ0n) is 60.8. The second-order valence-electron chi connectivity index (χ2n) is 27.7. The van der Waals surface area contributed by atoms with Crippen molar-refractivity contribution in [2.45, 2.75) is 386 Å². The van der Waals surface area contributed by atoms with Crippen LogP contribution < -0.4 is 0 Å². The molecule has 530 valence electrons. The predicted molar refractivity (Wildman–Crippen MR) is 392 cm³/mol. The Labute approximate surface area is 564 Å². The third-order valence-electron chi connectivity index (χ3n) is 17.5. The maximum Gasteiger partial charge on any atom is 0.361 e. The Morgan fingerprint density at radius 3 is 0.934 bits per heavy atom. The molecule has 9 heteroatoms. The first-order valence-corrected chi connectivity index (χ1v) is 39.1. The highest BCUT2D eigenvalue weighted by molar-refractivity contribution is 5.71. The number of nitrogens with zero attached hydrogens (tertiary/aromatic N) is 1. The molecule has 0 aliphatic heterocycles. The lowest BCUT2D eigenvalue weighted by Crippen LogP contribution is -2.40. The molecule has 91 heavy (non-hydrogen) atoms. The van der Waals surface area contributed by atoms with E-state index in [0.717, 1.165) is 83.5 Å². The van der Waals surface area contributed by atoms with Gasteiger partial charge >= 0.3 is 17.9 Å². The average molecular weight is 1280 g/mol. The minimum Gasteiger partial charge on any atom is -0.477 e. The number of carbonyl (C=O) groups is 3. The molecule has 0 radical (unpaired) electrons. The molecule has 2 unspecified atom stereocenters. The van der Waals surface area contributed by atoms with Gasteiger partial charge in [-0.2, -0.15) is 0 Å². The number of carbonyl (C=O) groups excluding carboxylic acids is 2. The van der Waals surface area contributed by atoms with Crippen LogP contribution in [-0.2, 0) is 33.3 Å². The fourth-order valence-electron chi connectivity index (χ4n) is 11.6. The fraction of sp³-hybridized carbons (Fsp3) is 0.817. The standard InChI is InChI=1S/C82H149NO8/c1-6-8-10-12-14-16-18-20-22-24-26-28-30-32-34-36-37-38-39-40-41-42-43-45-46-48-50-52-54-56-58-60-62-64-66-68-70-72-79(84)89-76-78(77-90-82(81(86)87)88-75-74-83(3,4)5)91-80(85)73-71-69-67-65-63-61-59-57-55-53-51-49-47-44-35-33-31-29-27-25-23-21-19-17-15-13-11-9-7-2/h9,11,15,17,21,23,27,29,33,35,47,49,78,82H,6-8,10,12-14,16,18-20,22,24-26,28,30-32,34,36-46,48,50-77H2,1-5H3/p+1/b11-9-,17-15-,23-21-,29-27-,35-33-,49-47-. The molecule has 0 aromatic rings. The number of rotatable bonds is 73. The van der Waals surface area contributed by atoms with E-state index >= 15 is 0 Å². The SMILES string of the molecule is CC/C=C\C/C=C\C/C=C\C/C=C\C/C=C\C/C=C\CCCCCCCCCCCCC(=O)OC(COC(=O)CCCCCCCCCCCCCCCCCCCCCCCCCCCCCCCCCCCCCCC)COC(OCC[N+](C)(C)C)C(=O)O. The lowest BCUT2D eigenvalue weighted by molar-refractivity contribution is -0.870. The number of allylic oxidation sites excluding steroid dienone is 12. The highest BCUT2D eigenvalue weighted by atomic mass is 16.7. The van der Waals surface area contributed by atoms with Crippen molar-refractivity contribution in [1.29, 1.82) is 0 Å².